The van der Waals surface area contributed by atoms with Crippen LogP contribution in [0.4, 0.5) is 0 Å². The molecule has 3 heterocycles. The zero-order valence-electron chi connectivity index (χ0n) is 34.8. The van der Waals surface area contributed by atoms with E-state index in [1.54, 1.807) is 18.5 Å². The van der Waals surface area contributed by atoms with E-state index in [9.17, 15) is 15.1 Å². The van der Waals surface area contributed by atoms with Crippen molar-refractivity contribution in [3.63, 3.8) is 0 Å². The molecular formula is C44H67N5O5. The van der Waals surface area contributed by atoms with E-state index in [0.29, 0.717) is 37.5 Å². The van der Waals surface area contributed by atoms with Crippen LogP contribution >= 0.6 is 0 Å². The number of carboxylic acids is 1. The highest BCUT2D eigenvalue weighted by Crippen LogP contribution is 2.75. The van der Waals surface area contributed by atoms with Crippen molar-refractivity contribution >= 4 is 5.97 Å². The van der Waals surface area contributed by atoms with Crippen LogP contribution in [0.25, 0.3) is 11.4 Å². The van der Waals surface area contributed by atoms with Gasteiger partial charge in [-0.3, -0.25) is 4.79 Å². The topological polar surface area (TPSA) is 139 Å². The van der Waals surface area contributed by atoms with Crippen molar-refractivity contribution < 1.29 is 24.1 Å². The molecule has 54 heavy (non-hydrogen) atoms. The van der Waals surface area contributed by atoms with Gasteiger partial charge in [0.05, 0.1) is 37.9 Å². The molecular weight excluding hydrogens is 679 g/mol. The number of pyridine rings is 1. The Balaban J connectivity index is 1.35. The molecule has 1 saturated heterocycles. The Labute approximate surface area is 323 Å². The maximum absolute atomic E-state index is 13.6. The maximum Gasteiger partial charge on any atom is 0.307 e. The van der Waals surface area contributed by atoms with E-state index in [0.717, 1.165) is 48.8 Å². The summed E-state index contributed by atoms with van der Waals surface area (Å²) >= 11 is 0. The largest absolute Gasteiger partial charge is 0.619 e. The molecule has 10 nitrogen and oxygen atoms in total. The first-order chi connectivity index (χ1) is 25.1. The number of nitrogens with two attached hydrogens (primary N) is 1. The highest BCUT2D eigenvalue weighted by Gasteiger charge is 2.72. The molecule has 5 aliphatic rings. The number of aromatic nitrogens is 4. The predicted molar refractivity (Wildman–Crippen MR) is 209 cm³/mol. The Morgan fingerprint density at radius 3 is 2.41 bits per heavy atom. The number of fused-ring (bicyclic) bond motifs is 3. The van der Waals surface area contributed by atoms with E-state index >= 15 is 0 Å². The number of ether oxygens (including phenoxy) is 2. The van der Waals surface area contributed by atoms with Crippen LogP contribution < -0.4 is 10.5 Å². The van der Waals surface area contributed by atoms with Gasteiger partial charge in [-0.05, 0) is 90.8 Å². The van der Waals surface area contributed by atoms with Gasteiger partial charge in [-0.2, -0.15) is 9.83 Å². The fourth-order valence-corrected chi connectivity index (χ4v) is 12.9. The maximum atomic E-state index is 13.6. The van der Waals surface area contributed by atoms with Crippen LogP contribution in [0.2, 0.25) is 0 Å². The molecule has 1 unspecified atom stereocenters. The summed E-state index contributed by atoms with van der Waals surface area (Å²) in [5.41, 5.74) is 7.02. The molecule has 0 radical (unpaired) electrons. The smallest absolute Gasteiger partial charge is 0.307 e. The molecule has 2 aromatic rings. The fraction of sp³-hybridized carbons (Fsp3) is 0.773. The minimum atomic E-state index is -0.641. The van der Waals surface area contributed by atoms with Crippen LogP contribution in [-0.4, -0.2) is 57.3 Å². The molecule has 2 bridgehead atoms. The average molecular weight is 746 g/mol. The number of allylic oxidation sites excluding steroid dienone is 1. The quantitative estimate of drug-likeness (QED) is 0.158. The van der Waals surface area contributed by atoms with Gasteiger partial charge in [-0.1, -0.05) is 80.9 Å². The van der Waals surface area contributed by atoms with Crippen molar-refractivity contribution in [2.45, 2.75) is 132 Å². The van der Waals surface area contributed by atoms with E-state index in [-0.39, 0.29) is 51.1 Å². The Bertz CT molecular complexity index is 1780. The molecule has 0 aromatic carbocycles. The second kappa shape index (κ2) is 12.9. The lowest BCUT2D eigenvalue weighted by Crippen LogP contribution is -2.69. The number of carbonyl (C=O) groups is 1. The van der Waals surface area contributed by atoms with Gasteiger partial charge < -0.3 is 25.5 Å². The van der Waals surface area contributed by atoms with Crippen molar-refractivity contribution in [3.05, 3.63) is 47.7 Å². The van der Waals surface area contributed by atoms with Gasteiger partial charge in [0.15, 0.2) is 18.2 Å². The lowest BCUT2D eigenvalue weighted by atomic mass is 9.34. The fourth-order valence-electron chi connectivity index (χ4n) is 12.9. The van der Waals surface area contributed by atoms with E-state index in [4.69, 9.17) is 25.3 Å². The molecule has 4 aliphatic carbocycles. The number of aliphatic carboxylic acids is 1. The molecule has 298 valence electrons. The summed E-state index contributed by atoms with van der Waals surface area (Å²) < 4.78 is 16.8. The molecule has 4 fully saturated rings. The van der Waals surface area contributed by atoms with Crippen LogP contribution in [0.5, 0.6) is 0 Å². The number of rotatable bonds is 8. The van der Waals surface area contributed by atoms with Crippen LogP contribution in [0.3, 0.4) is 0 Å². The normalized spacial score (nSPS) is 40.8. The number of carboxylic acid groups (broad SMARTS) is 1. The highest BCUT2D eigenvalue weighted by atomic mass is 16.5. The summed E-state index contributed by atoms with van der Waals surface area (Å²) in [5.74, 6) is 0.875. The second-order valence-electron chi connectivity index (χ2n) is 21.0. The SMILES string of the molecule is CC(C)[C@@H](C)[C@@]1(C)CC[C@]2(C)[C@H]3CC[C@@H]4C5(COC[C@]4(C)[C@@H](OC[C@](C)(N)C(C)(C)C)[C@H](n4ncnc4-c4cc[n+]([O-])cc4)C5)C3=CC[C@@]2(C)[C@@H]1C(=O)O. The molecule has 10 heteroatoms. The molecule has 12 atom stereocenters. The van der Waals surface area contributed by atoms with Crippen molar-refractivity contribution in [3.8, 4) is 11.4 Å². The van der Waals surface area contributed by atoms with E-state index in [1.165, 1.54) is 18.0 Å². The molecule has 2 aromatic heterocycles. The molecule has 0 amide bonds. The third-order valence-corrected chi connectivity index (χ3v) is 17.3. The summed E-state index contributed by atoms with van der Waals surface area (Å²) in [6.07, 6.45) is 12.4. The van der Waals surface area contributed by atoms with Crippen LogP contribution in [0.15, 0.2) is 42.5 Å². The summed E-state index contributed by atoms with van der Waals surface area (Å²) in [6, 6.07) is 3.41. The number of nitrogens with zero attached hydrogens (tertiary/aromatic N) is 4. The Morgan fingerprint density at radius 1 is 1.09 bits per heavy atom. The van der Waals surface area contributed by atoms with Gasteiger partial charge in [0.25, 0.3) is 0 Å². The summed E-state index contributed by atoms with van der Waals surface area (Å²) in [4.78, 5) is 18.3. The average Bonchev–Trinajstić information content (AvgIpc) is 3.57. The molecule has 1 aliphatic heterocycles. The molecule has 0 spiro atoms. The second-order valence-corrected chi connectivity index (χ2v) is 21.0. The predicted octanol–water partition coefficient (Wildman–Crippen LogP) is 7.86. The van der Waals surface area contributed by atoms with E-state index < -0.39 is 22.8 Å². The van der Waals surface area contributed by atoms with Crippen molar-refractivity contribution in [2.24, 2.45) is 67.8 Å². The van der Waals surface area contributed by atoms with Crippen LogP contribution in [0.1, 0.15) is 121 Å². The van der Waals surface area contributed by atoms with Gasteiger partial charge in [-0.25, -0.2) is 9.67 Å². The van der Waals surface area contributed by atoms with E-state index in [1.807, 2.05) is 0 Å². The first kappa shape index (κ1) is 39.4. The van der Waals surface area contributed by atoms with Crippen molar-refractivity contribution in [2.75, 3.05) is 19.8 Å². The first-order valence-corrected chi connectivity index (χ1v) is 20.6. The number of hydrogen-bond acceptors (Lipinski definition) is 7. The Kier molecular flexibility index (Phi) is 9.38. The summed E-state index contributed by atoms with van der Waals surface area (Å²) in [6.45, 7) is 26.3. The van der Waals surface area contributed by atoms with Crippen LogP contribution in [0, 0.1) is 67.3 Å². The lowest BCUT2D eigenvalue weighted by molar-refractivity contribution is -0.605. The molecule has 3 saturated carbocycles. The zero-order chi connectivity index (χ0) is 39.4. The van der Waals surface area contributed by atoms with E-state index in [2.05, 4.69) is 86.9 Å². The van der Waals surface area contributed by atoms with Crippen molar-refractivity contribution in [1.82, 2.24) is 14.8 Å². The standard InChI is InChI=1S/C44H67N5O5/c1-27(2)28(3)39(7)18-19-41(9)30-12-13-33-40(8)23-53-25-44(33,31(30)14-17-42(41,10)34(39)37(50)51)22-32(35(40)54-24-43(11,45)38(4,5)6)49-36(46-26-47-49)29-15-20-48(52)21-16-29/h14-16,20-21,26-28,30,32-35H,12-13,17-19,22-25,45H2,1-11H3,(H,50,51)/t28-,30+,32-,33+,34-,35+,39-,40+,41-,42+,43+,44?/m1/s1. The minimum Gasteiger partial charge on any atom is -0.619 e. The molecule has 3 N–H and O–H groups in total. The third kappa shape index (κ3) is 5.49. The summed E-state index contributed by atoms with van der Waals surface area (Å²) in [5, 5.41) is 28.1. The highest BCUT2D eigenvalue weighted by molar-refractivity contribution is 5.73. The number of hydrogen-bond donors (Lipinski definition) is 2. The van der Waals surface area contributed by atoms with Gasteiger partial charge in [0.1, 0.15) is 6.33 Å². The van der Waals surface area contributed by atoms with Crippen molar-refractivity contribution in [1.29, 1.82) is 0 Å². The van der Waals surface area contributed by atoms with Gasteiger partial charge in [-0.15, -0.1) is 0 Å². The third-order valence-electron chi connectivity index (χ3n) is 17.3. The van der Waals surface area contributed by atoms with Gasteiger partial charge in [0.2, 0.25) is 0 Å². The van der Waals surface area contributed by atoms with Gasteiger partial charge in [0, 0.05) is 34.1 Å². The lowest BCUT2D eigenvalue weighted by Gasteiger charge is -2.71. The minimum absolute atomic E-state index is 0.183. The Morgan fingerprint density at radius 2 is 1.78 bits per heavy atom. The van der Waals surface area contributed by atoms with Crippen LogP contribution in [-0.2, 0) is 14.3 Å². The molecule has 7 rings (SSSR count). The first-order valence-electron chi connectivity index (χ1n) is 20.6. The van der Waals surface area contributed by atoms with Gasteiger partial charge >= 0.3 is 5.97 Å². The summed E-state index contributed by atoms with van der Waals surface area (Å²) in [7, 11) is 0. The zero-order valence-corrected chi connectivity index (χ0v) is 34.8. The monoisotopic (exact) mass is 746 g/mol. The Hall–Kier alpha value is -2.82.